The minimum atomic E-state index is 0.0490. The molecular formula is C20H23NO3. The zero-order valence-electron chi connectivity index (χ0n) is 14.1. The molecule has 0 aliphatic heterocycles. The van der Waals surface area contributed by atoms with Gasteiger partial charge >= 0.3 is 0 Å². The van der Waals surface area contributed by atoms with E-state index in [9.17, 15) is 4.79 Å². The number of anilines is 1. The largest absolute Gasteiger partial charge is 0.493 e. The Labute approximate surface area is 142 Å². The number of nitrogens with one attached hydrogen (secondary N) is 1. The third-order valence-corrected chi connectivity index (χ3v) is 4.49. The van der Waals surface area contributed by atoms with Crippen LogP contribution in [0.3, 0.4) is 0 Å². The van der Waals surface area contributed by atoms with Crippen LogP contribution in [0.5, 0.6) is 11.5 Å². The predicted octanol–water partition coefficient (Wildman–Crippen LogP) is 4.23. The van der Waals surface area contributed by atoms with Gasteiger partial charge in [0.25, 0.3) is 0 Å². The number of methoxy groups -OCH3 is 2. The van der Waals surface area contributed by atoms with Crippen LogP contribution in [0.1, 0.15) is 30.7 Å². The third kappa shape index (κ3) is 3.88. The number of carbonyl (C=O) groups is 1. The van der Waals surface area contributed by atoms with Crippen LogP contribution in [-0.2, 0) is 4.79 Å². The molecule has 0 bridgehead atoms. The van der Waals surface area contributed by atoms with Crippen LogP contribution < -0.4 is 14.8 Å². The molecule has 0 heterocycles. The quantitative estimate of drug-likeness (QED) is 0.829. The summed E-state index contributed by atoms with van der Waals surface area (Å²) in [4.78, 5) is 12.4. The molecule has 4 heteroatoms. The molecule has 1 amide bonds. The van der Waals surface area contributed by atoms with E-state index >= 15 is 0 Å². The van der Waals surface area contributed by atoms with E-state index in [0.717, 1.165) is 11.3 Å². The van der Waals surface area contributed by atoms with E-state index in [1.807, 2.05) is 48.5 Å². The Morgan fingerprint density at radius 2 is 1.79 bits per heavy atom. The normalized spacial score (nSPS) is 14.8. The van der Waals surface area contributed by atoms with Gasteiger partial charge in [-0.15, -0.1) is 0 Å². The molecule has 3 rings (SSSR count). The van der Waals surface area contributed by atoms with Crippen LogP contribution in [0.4, 0.5) is 5.69 Å². The molecule has 1 atom stereocenters. The van der Waals surface area contributed by atoms with E-state index in [2.05, 4.69) is 5.32 Å². The van der Waals surface area contributed by atoms with E-state index in [1.165, 1.54) is 12.8 Å². The first kappa shape index (κ1) is 16.4. The highest BCUT2D eigenvalue weighted by Crippen LogP contribution is 2.46. The van der Waals surface area contributed by atoms with Gasteiger partial charge in [0.15, 0.2) is 11.5 Å². The van der Waals surface area contributed by atoms with Crippen molar-refractivity contribution in [2.75, 3.05) is 19.5 Å². The van der Waals surface area contributed by atoms with Crippen molar-refractivity contribution >= 4 is 11.6 Å². The van der Waals surface area contributed by atoms with Crippen molar-refractivity contribution in [3.8, 4) is 11.5 Å². The fourth-order valence-electron chi connectivity index (χ4n) is 3.07. The van der Waals surface area contributed by atoms with Crippen LogP contribution in [-0.4, -0.2) is 20.1 Å². The Balaban J connectivity index is 1.74. The lowest BCUT2D eigenvalue weighted by Crippen LogP contribution is -2.16. The first-order chi connectivity index (χ1) is 11.7. The number of amides is 1. The van der Waals surface area contributed by atoms with Gasteiger partial charge in [-0.25, -0.2) is 0 Å². The number of ether oxygens (including phenoxy) is 2. The first-order valence-electron chi connectivity index (χ1n) is 8.28. The molecule has 24 heavy (non-hydrogen) atoms. The molecule has 1 aliphatic rings. The van der Waals surface area contributed by atoms with Crippen molar-refractivity contribution in [2.45, 2.75) is 25.2 Å². The zero-order chi connectivity index (χ0) is 16.9. The lowest BCUT2D eigenvalue weighted by atomic mass is 9.90. The van der Waals surface area contributed by atoms with Gasteiger partial charge in [0.05, 0.1) is 14.2 Å². The predicted molar refractivity (Wildman–Crippen MR) is 94.7 cm³/mol. The molecule has 126 valence electrons. The average Bonchev–Trinajstić information content (AvgIpc) is 3.45. The molecule has 0 spiro atoms. The zero-order valence-corrected chi connectivity index (χ0v) is 14.1. The van der Waals surface area contributed by atoms with Gasteiger partial charge in [0.1, 0.15) is 0 Å². The summed E-state index contributed by atoms with van der Waals surface area (Å²) in [5.74, 6) is 2.26. The number of rotatable bonds is 7. The molecule has 0 aromatic heterocycles. The highest BCUT2D eigenvalue weighted by molar-refractivity contribution is 5.91. The highest BCUT2D eigenvalue weighted by Gasteiger charge is 2.34. The van der Waals surface area contributed by atoms with Gasteiger partial charge in [0, 0.05) is 12.1 Å². The van der Waals surface area contributed by atoms with Crippen LogP contribution in [0.15, 0.2) is 48.5 Å². The van der Waals surface area contributed by atoms with Crippen LogP contribution >= 0.6 is 0 Å². The SMILES string of the molecule is COc1ccc(C(CC(=O)Nc2ccccc2)C2CC2)cc1OC. The number of para-hydroxylation sites is 1. The molecule has 0 radical (unpaired) electrons. The van der Waals surface area contributed by atoms with Crippen molar-refractivity contribution in [1.82, 2.24) is 0 Å². The summed E-state index contributed by atoms with van der Waals surface area (Å²) in [5.41, 5.74) is 1.97. The van der Waals surface area contributed by atoms with Crippen LogP contribution in [0, 0.1) is 5.92 Å². The minimum absolute atomic E-state index is 0.0490. The molecule has 1 N–H and O–H groups in total. The minimum Gasteiger partial charge on any atom is -0.493 e. The Morgan fingerprint density at radius 3 is 2.42 bits per heavy atom. The average molecular weight is 325 g/mol. The van der Waals surface area contributed by atoms with Crippen molar-refractivity contribution in [3.05, 3.63) is 54.1 Å². The second-order valence-electron chi connectivity index (χ2n) is 6.18. The number of hydrogen-bond donors (Lipinski definition) is 1. The van der Waals surface area contributed by atoms with Crippen LogP contribution in [0.25, 0.3) is 0 Å². The van der Waals surface area contributed by atoms with Gasteiger partial charge in [-0.05, 0) is 54.5 Å². The maximum absolute atomic E-state index is 12.4. The van der Waals surface area contributed by atoms with Crippen molar-refractivity contribution in [3.63, 3.8) is 0 Å². The fraction of sp³-hybridized carbons (Fsp3) is 0.350. The monoisotopic (exact) mass is 325 g/mol. The lowest BCUT2D eigenvalue weighted by molar-refractivity contribution is -0.116. The van der Waals surface area contributed by atoms with Gasteiger partial charge < -0.3 is 14.8 Å². The second kappa shape index (κ2) is 7.39. The molecule has 1 saturated carbocycles. The molecule has 1 fully saturated rings. The lowest BCUT2D eigenvalue weighted by Gasteiger charge is -2.18. The molecular weight excluding hydrogens is 302 g/mol. The Bertz CT molecular complexity index is 695. The Morgan fingerprint density at radius 1 is 1.08 bits per heavy atom. The maximum Gasteiger partial charge on any atom is 0.224 e. The van der Waals surface area contributed by atoms with E-state index in [4.69, 9.17) is 9.47 Å². The number of carbonyl (C=O) groups excluding carboxylic acids is 1. The summed E-state index contributed by atoms with van der Waals surface area (Å²) in [6, 6.07) is 15.5. The van der Waals surface area contributed by atoms with Crippen LogP contribution in [0.2, 0.25) is 0 Å². The number of hydrogen-bond acceptors (Lipinski definition) is 3. The topological polar surface area (TPSA) is 47.6 Å². The number of benzene rings is 2. The van der Waals surface area contributed by atoms with E-state index < -0.39 is 0 Å². The maximum atomic E-state index is 12.4. The smallest absolute Gasteiger partial charge is 0.224 e. The molecule has 0 saturated heterocycles. The molecule has 1 unspecified atom stereocenters. The van der Waals surface area contributed by atoms with Gasteiger partial charge in [-0.1, -0.05) is 24.3 Å². The highest BCUT2D eigenvalue weighted by atomic mass is 16.5. The van der Waals surface area contributed by atoms with E-state index in [0.29, 0.717) is 23.8 Å². The summed E-state index contributed by atoms with van der Waals surface area (Å²) in [6.07, 6.45) is 2.84. The second-order valence-corrected chi connectivity index (χ2v) is 6.18. The Hall–Kier alpha value is -2.49. The summed E-state index contributed by atoms with van der Waals surface area (Å²) in [7, 11) is 3.26. The Kier molecular flexibility index (Phi) is 5.04. The van der Waals surface area contributed by atoms with E-state index in [1.54, 1.807) is 14.2 Å². The van der Waals surface area contributed by atoms with Gasteiger partial charge in [-0.3, -0.25) is 4.79 Å². The molecule has 1 aliphatic carbocycles. The third-order valence-electron chi connectivity index (χ3n) is 4.49. The van der Waals surface area contributed by atoms with Gasteiger partial charge in [-0.2, -0.15) is 0 Å². The van der Waals surface area contributed by atoms with Gasteiger partial charge in [0.2, 0.25) is 5.91 Å². The van der Waals surface area contributed by atoms with E-state index in [-0.39, 0.29) is 11.8 Å². The summed E-state index contributed by atoms with van der Waals surface area (Å²) in [5, 5.41) is 2.98. The summed E-state index contributed by atoms with van der Waals surface area (Å²) < 4.78 is 10.7. The fourth-order valence-corrected chi connectivity index (χ4v) is 3.07. The first-order valence-corrected chi connectivity index (χ1v) is 8.28. The molecule has 2 aromatic carbocycles. The van der Waals surface area contributed by atoms with Crippen molar-refractivity contribution in [1.29, 1.82) is 0 Å². The molecule has 2 aromatic rings. The van der Waals surface area contributed by atoms with Crippen molar-refractivity contribution in [2.24, 2.45) is 5.92 Å². The van der Waals surface area contributed by atoms with Crippen molar-refractivity contribution < 1.29 is 14.3 Å². The summed E-state index contributed by atoms with van der Waals surface area (Å²) in [6.45, 7) is 0. The summed E-state index contributed by atoms with van der Waals surface area (Å²) >= 11 is 0. The standard InChI is InChI=1S/C20H23NO3/c1-23-18-11-10-15(12-19(18)24-2)17(14-8-9-14)13-20(22)21-16-6-4-3-5-7-16/h3-7,10-12,14,17H,8-9,13H2,1-2H3,(H,21,22). The molecule has 4 nitrogen and oxygen atoms in total.